The van der Waals surface area contributed by atoms with Gasteiger partial charge in [-0.25, -0.2) is 26.3 Å². The van der Waals surface area contributed by atoms with Gasteiger partial charge in [-0.2, -0.15) is 8.78 Å². The lowest BCUT2D eigenvalue weighted by atomic mass is 9.91. The average molecular weight is 532 g/mol. The van der Waals surface area contributed by atoms with E-state index in [2.05, 4.69) is 4.74 Å². The number of rotatable bonds is 5. The Labute approximate surface area is 204 Å². The van der Waals surface area contributed by atoms with Gasteiger partial charge in [0, 0.05) is 34.2 Å². The molecule has 196 valence electrons. The standard InChI is InChI=1S/C25H16F8O4/c1-23-9-34-25(35-10-23,36-11-23)12-2-3-14(17(26)6-12)15-4-5-16(21(30)20(15)29)24(32,33)37-13-7-18(27)22(31)19(28)8-13/h2-8H,9-11H2,1H3. The molecule has 3 heterocycles. The first kappa shape index (κ1) is 25.4. The minimum absolute atomic E-state index is 0.113. The molecule has 3 saturated heterocycles. The molecule has 3 aromatic carbocycles. The quantitative estimate of drug-likeness (QED) is 0.277. The van der Waals surface area contributed by atoms with E-state index in [4.69, 9.17) is 14.2 Å². The van der Waals surface area contributed by atoms with Crippen LogP contribution >= 0.6 is 0 Å². The molecule has 12 heteroatoms. The second-order valence-electron chi connectivity index (χ2n) is 9.04. The largest absolute Gasteiger partial charge is 0.429 e. The van der Waals surface area contributed by atoms with Crippen molar-refractivity contribution < 1.29 is 54.1 Å². The van der Waals surface area contributed by atoms with Crippen LogP contribution in [0.5, 0.6) is 5.75 Å². The lowest BCUT2D eigenvalue weighted by Gasteiger charge is -2.50. The maximum absolute atomic E-state index is 15.0. The second kappa shape index (κ2) is 8.67. The lowest BCUT2D eigenvalue weighted by Crippen LogP contribution is -2.57. The number of hydrogen-bond acceptors (Lipinski definition) is 4. The van der Waals surface area contributed by atoms with Gasteiger partial charge < -0.3 is 18.9 Å². The van der Waals surface area contributed by atoms with Crippen molar-refractivity contribution in [3.8, 4) is 16.9 Å². The topological polar surface area (TPSA) is 36.9 Å². The SMILES string of the molecule is CC12COC(c3ccc(-c4ccc(C(F)(F)Oc5cc(F)c(F)c(F)c5)c(F)c4F)c(F)c3)(OC1)OC2. The van der Waals surface area contributed by atoms with Crippen molar-refractivity contribution >= 4 is 0 Å². The molecule has 0 radical (unpaired) electrons. The molecule has 3 fully saturated rings. The Balaban J connectivity index is 1.44. The number of benzene rings is 3. The highest BCUT2D eigenvalue weighted by Crippen LogP contribution is 2.45. The molecule has 0 unspecified atom stereocenters. The van der Waals surface area contributed by atoms with Crippen molar-refractivity contribution in [1.82, 2.24) is 0 Å². The highest BCUT2D eigenvalue weighted by atomic mass is 19.3. The van der Waals surface area contributed by atoms with Crippen LogP contribution < -0.4 is 4.74 Å². The fourth-order valence-electron chi connectivity index (χ4n) is 4.01. The van der Waals surface area contributed by atoms with Crippen LogP contribution in [-0.4, -0.2) is 19.8 Å². The molecule has 3 aliphatic rings. The smallest absolute Gasteiger partial charge is 0.429 e. The van der Waals surface area contributed by atoms with Gasteiger partial charge in [-0.3, -0.25) is 0 Å². The van der Waals surface area contributed by atoms with Gasteiger partial charge in [0.15, 0.2) is 29.1 Å². The number of alkyl halides is 2. The van der Waals surface area contributed by atoms with Crippen LogP contribution in [0.15, 0.2) is 42.5 Å². The molecule has 0 spiro atoms. The third-order valence-electron chi connectivity index (χ3n) is 6.04. The normalized spacial score (nSPS) is 23.4. The third-order valence-corrected chi connectivity index (χ3v) is 6.04. The number of ether oxygens (including phenoxy) is 4. The van der Waals surface area contributed by atoms with Crippen LogP contribution in [-0.2, 0) is 26.3 Å². The predicted molar refractivity (Wildman–Crippen MR) is 110 cm³/mol. The van der Waals surface area contributed by atoms with E-state index < -0.39 is 69.4 Å². The van der Waals surface area contributed by atoms with E-state index in [0.29, 0.717) is 12.1 Å². The Bertz CT molecular complexity index is 1350. The van der Waals surface area contributed by atoms with Gasteiger partial charge in [-0.15, -0.1) is 0 Å². The van der Waals surface area contributed by atoms with Crippen molar-refractivity contribution in [3.63, 3.8) is 0 Å². The molecule has 37 heavy (non-hydrogen) atoms. The zero-order chi connectivity index (χ0) is 26.8. The van der Waals surface area contributed by atoms with E-state index in [1.165, 1.54) is 6.07 Å². The van der Waals surface area contributed by atoms with Crippen LogP contribution in [0.2, 0.25) is 0 Å². The van der Waals surface area contributed by atoms with Gasteiger partial charge in [0.05, 0.1) is 19.8 Å². The molecular formula is C25H16F8O4. The molecule has 6 rings (SSSR count). The maximum atomic E-state index is 15.0. The van der Waals surface area contributed by atoms with Gasteiger partial charge in [0.25, 0.3) is 0 Å². The first-order chi connectivity index (χ1) is 17.3. The minimum atomic E-state index is -4.63. The van der Waals surface area contributed by atoms with Crippen LogP contribution in [0.4, 0.5) is 35.1 Å². The van der Waals surface area contributed by atoms with Gasteiger partial charge in [-0.05, 0) is 12.1 Å². The van der Waals surface area contributed by atoms with E-state index >= 15 is 0 Å². The van der Waals surface area contributed by atoms with E-state index in [-0.39, 0.29) is 42.9 Å². The monoisotopic (exact) mass is 532 g/mol. The van der Waals surface area contributed by atoms with Crippen LogP contribution in [0.25, 0.3) is 11.1 Å². The first-order valence-corrected chi connectivity index (χ1v) is 10.8. The van der Waals surface area contributed by atoms with E-state index in [1.54, 1.807) is 0 Å². The Morgan fingerprint density at radius 2 is 1.27 bits per heavy atom. The Hall–Kier alpha value is -3.22. The first-order valence-electron chi connectivity index (χ1n) is 10.8. The van der Waals surface area contributed by atoms with E-state index in [1.807, 2.05) is 6.92 Å². The van der Waals surface area contributed by atoms with Gasteiger partial charge in [0.1, 0.15) is 17.1 Å². The molecule has 4 nitrogen and oxygen atoms in total. The second-order valence-corrected chi connectivity index (χ2v) is 9.04. The molecule has 0 N–H and O–H groups in total. The molecule has 0 saturated carbocycles. The zero-order valence-corrected chi connectivity index (χ0v) is 18.8. The molecule has 2 bridgehead atoms. The Morgan fingerprint density at radius 3 is 1.84 bits per heavy atom. The van der Waals surface area contributed by atoms with E-state index in [0.717, 1.165) is 12.1 Å². The summed E-state index contributed by atoms with van der Waals surface area (Å²) in [5.41, 5.74) is -3.04. The highest BCUT2D eigenvalue weighted by Gasteiger charge is 2.52. The van der Waals surface area contributed by atoms with Gasteiger partial charge in [-0.1, -0.05) is 25.1 Å². The third kappa shape index (κ3) is 4.32. The van der Waals surface area contributed by atoms with Crippen LogP contribution in [0, 0.1) is 40.3 Å². The van der Waals surface area contributed by atoms with Crippen molar-refractivity contribution in [3.05, 3.63) is 88.5 Å². The number of halogens is 8. The summed E-state index contributed by atoms with van der Waals surface area (Å²) in [4.78, 5) is 0. The summed E-state index contributed by atoms with van der Waals surface area (Å²) < 4.78 is 134. The van der Waals surface area contributed by atoms with E-state index in [9.17, 15) is 35.1 Å². The van der Waals surface area contributed by atoms with Crippen LogP contribution in [0.3, 0.4) is 0 Å². The fourth-order valence-corrected chi connectivity index (χ4v) is 4.01. The molecule has 0 atom stereocenters. The fraction of sp³-hybridized carbons (Fsp3) is 0.280. The minimum Gasteiger partial charge on any atom is -0.429 e. The summed E-state index contributed by atoms with van der Waals surface area (Å²) >= 11 is 0. The number of fused-ring (bicyclic) bond motifs is 3. The molecule has 0 aliphatic carbocycles. The summed E-state index contributed by atoms with van der Waals surface area (Å²) in [7, 11) is 0. The Kier molecular flexibility index (Phi) is 5.96. The van der Waals surface area contributed by atoms with Crippen molar-refractivity contribution in [2.45, 2.75) is 19.0 Å². The molecule has 3 aromatic rings. The lowest BCUT2D eigenvalue weighted by molar-refractivity contribution is -0.477. The molecule has 0 aromatic heterocycles. The summed E-state index contributed by atoms with van der Waals surface area (Å²) in [6.45, 7) is 2.73. The van der Waals surface area contributed by atoms with Crippen molar-refractivity contribution in [2.75, 3.05) is 19.8 Å². The van der Waals surface area contributed by atoms with Crippen molar-refractivity contribution in [2.24, 2.45) is 5.41 Å². The summed E-state index contributed by atoms with van der Waals surface area (Å²) in [5.74, 6) is -13.4. The molecule has 0 amide bonds. The van der Waals surface area contributed by atoms with Crippen molar-refractivity contribution in [1.29, 1.82) is 0 Å². The van der Waals surface area contributed by atoms with Gasteiger partial charge >= 0.3 is 12.1 Å². The maximum Gasteiger partial charge on any atom is 0.429 e. The number of hydrogen-bond donors (Lipinski definition) is 0. The molecule has 3 aliphatic heterocycles. The Morgan fingerprint density at radius 1 is 0.703 bits per heavy atom. The highest BCUT2D eigenvalue weighted by molar-refractivity contribution is 5.66. The van der Waals surface area contributed by atoms with Crippen LogP contribution in [0.1, 0.15) is 18.1 Å². The summed E-state index contributed by atoms with van der Waals surface area (Å²) in [6.07, 6.45) is -4.63. The summed E-state index contributed by atoms with van der Waals surface area (Å²) in [5, 5.41) is 0. The molecular weight excluding hydrogens is 516 g/mol. The average Bonchev–Trinajstić information content (AvgIpc) is 2.84. The summed E-state index contributed by atoms with van der Waals surface area (Å²) in [6, 6.07) is 4.64. The predicted octanol–water partition coefficient (Wildman–Crippen LogP) is 6.51. The van der Waals surface area contributed by atoms with Gasteiger partial charge in [0.2, 0.25) is 0 Å². The zero-order valence-electron chi connectivity index (χ0n) is 18.8.